The van der Waals surface area contributed by atoms with Gasteiger partial charge in [-0.3, -0.25) is 0 Å². The monoisotopic (exact) mass is 348 g/mol. The molecule has 1 aliphatic rings. The van der Waals surface area contributed by atoms with Crippen LogP contribution in [0.1, 0.15) is 18.9 Å². The molecule has 1 unspecified atom stereocenters. The molecule has 0 aliphatic carbocycles. The molecule has 0 spiro atoms. The Morgan fingerprint density at radius 2 is 2.05 bits per heavy atom. The molecule has 0 amide bonds. The second-order valence-corrected chi connectivity index (χ2v) is 5.66. The highest BCUT2D eigenvalue weighted by molar-refractivity contribution is 9.10. The van der Waals surface area contributed by atoms with Gasteiger partial charge in [0, 0.05) is 29.3 Å². The summed E-state index contributed by atoms with van der Waals surface area (Å²) in [5.74, 6) is 0. The van der Waals surface area contributed by atoms with Crippen LogP contribution in [0.25, 0.3) is 0 Å². The zero-order chi connectivity index (χ0) is 13.0. The summed E-state index contributed by atoms with van der Waals surface area (Å²) in [5, 5.41) is 0. The van der Waals surface area contributed by atoms with Gasteiger partial charge in [-0.2, -0.15) is 0 Å². The first-order valence-electron chi connectivity index (χ1n) is 6.57. The predicted molar refractivity (Wildman–Crippen MR) is 86.4 cm³/mol. The van der Waals surface area contributed by atoms with Crippen molar-refractivity contribution in [3.63, 3.8) is 0 Å². The fourth-order valence-corrected chi connectivity index (χ4v) is 2.67. The van der Waals surface area contributed by atoms with Crippen LogP contribution in [0.3, 0.4) is 0 Å². The summed E-state index contributed by atoms with van der Waals surface area (Å²) < 4.78 is 6.53. The Kier molecular flexibility index (Phi) is 7.15. The first-order chi connectivity index (χ1) is 8.70. The van der Waals surface area contributed by atoms with Crippen LogP contribution in [-0.2, 0) is 11.2 Å². The Labute approximate surface area is 130 Å². The number of nitrogens with zero attached hydrogens (tertiary/aromatic N) is 1. The molecule has 1 saturated heterocycles. The third-order valence-electron chi connectivity index (χ3n) is 3.40. The first kappa shape index (κ1) is 16.8. The summed E-state index contributed by atoms with van der Waals surface area (Å²) in [4.78, 5) is 2.40. The van der Waals surface area contributed by atoms with Crippen LogP contribution in [-0.4, -0.2) is 32.3 Å². The number of halogens is 2. The van der Waals surface area contributed by atoms with Crippen molar-refractivity contribution in [1.29, 1.82) is 0 Å². The van der Waals surface area contributed by atoms with Crippen molar-refractivity contribution in [2.24, 2.45) is 5.73 Å². The van der Waals surface area contributed by atoms with E-state index in [-0.39, 0.29) is 18.4 Å². The van der Waals surface area contributed by atoms with E-state index in [4.69, 9.17) is 10.5 Å². The number of hydrogen-bond donors (Lipinski definition) is 1. The molecular formula is C14H22BrClN2O. The summed E-state index contributed by atoms with van der Waals surface area (Å²) in [5.41, 5.74) is 8.74. The van der Waals surface area contributed by atoms with Gasteiger partial charge in [0.1, 0.15) is 0 Å². The lowest BCUT2D eigenvalue weighted by molar-refractivity contribution is 0.122. The lowest BCUT2D eigenvalue weighted by Gasteiger charge is -2.31. The van der Waals surface area contributed by atoms with E-state index in [1.807, 2.05) is 0 Å². The minimum atomic E-state index is 0. The zero-order valence-electron chi connectivity index (χ0n) is 11.3. The van der Waals surface area contributed by atoms with Gasteiger partial charge in [-0.05, 0) is 36.6 Å². The van der Waals surface area contributed by atoms with Crippen molar-refractivity contribution in [2.45, 2.75) is 25.8 Å². The molecular weight excluding hydrogens is 328 g/mol. The third-order valence-corrected chi connectivity index (χ3v) is 3.89. The van der Waals surface area contributed by atoms with E-state index in [2.05, 4.69) is 46.0 Å². The molecule has 0 saturated carbocycles. The topological polar surface area (TPSA) is 38.5 Å². The predicted octanol–water partition coefficient (Wildman–Crippen LogP) is 2.99. The summed E-state index contributed by atoms with van der Waals surface area (Å²) in [6, 6.07) is 6.72. The smallest absolute Gasteiger partial charge is 0.0642 e. The fourth-order valence-electron chi connectivity index (χ4n) is 2.26. The van der Waals surface area contributed by atoms with E-state index in [1.54, 1.807) is 0 Å². The third kappa shape index (κ3) is 4.63. The Hall–Kier alpha value is -0.290. The number of anilines is 1. The number of nitrogens with two attached hydrogens (primary N) is 1. The van der Waals surface area contributed by atoms with Crippen molar-refractivity contribution in [3.8, 4) is 0 Å². The van der Waals surface area contributed by atoms with Gasteiger partial charge in [0.2, 0.25) is 0 Å². The number of benzene rings is 1. The lowest BCUT2D eigenvalue weighted by atomic mass is 10.0. The Balaban J connectivity index is 0.00000180. The average molecular weight is 350 g/mol. The molecule has 108 valence electrons. The largest absolute Gasteiger partial charge is 0.378 e. The average Bonchev–Trinajstić information content (AvgIpc) is 2.40. The van der Waals surface area contributed by atoms with Gasteiger partial charge in [0.05, 0.1) is 13.2 Å². The quantitative estimate of drug-likeness (QED) is 0.908. The minimum Gasteiger partial charge on any atom is -0.378 e. The van der Waals surface area contributed by atoms with Gasteiger partial charge in [-0.15, -0.1) is 12.4 Å². The molecule has 5 heteroatoms. The van der Waals surface area contributed by atoms with Crippen molar-refractivity contribution in [1.82, 2.24) is 0 Å². The molecule has 19 heavy (non-hydrogen) atoms. The summed E-state index contributed by atoms with van der Waals surface area (Å²) in [6.07, 6.45) is 1.94. The highest BCUT2D eigenvalue weighted by atomic mass is 79.9. The maximum Gasteiger partial charge on any atom is 0.0642 e. The standard InChI is InChI=1S/C14H21BrN2O.ClH/c1-2-13(16)10-11-9-12(15)3-4-14(11)17-5-7-18-8-6-17;/h3-4,9,13H,2,5-8,10,16H2,1H3;1H. The Bertz CT molecular complexity index is 397. The number of rotatable bonds is 4. The van der Waals surface area contributed by atoms with Crippen LogP contribution in [0.2, 0.25) is 0 Å². The van der Waals surface area contributed by atoms with Crippen LogP contribution in [0, 0.1) is 0 Å². The van der Waals surface area contributed by atoms with Gasteiger partial charge in [0.25, 0.3) is 0 Å². The van der Waals surface area contributed by atoms with Crippen LogP contribution < -0.4 is 10.6 Å². The molecule has 1 aromatic rings. The molecule has 1 atom stereocenters. The highest BCUT2D eigenvalue weighted by Crippen LogP contribution is 2.26. The first-order valence-corrected chi connectivity index (χ1v) is 7.36. The van der Waals surface area contributed by atoms with Gasteiger partial charge in [-0.1, -0.05) is 22.9 Å². The van der Waals surface area contributed by atoms with Gasteiger partial charge in [0.15, 0.2) is 0 Å². The maximum absolute atomic E-state index is 6.09. The highest BCUT2D eigenvalue weighted by Gasteiger charge is 2.16. The van der Waals surface area contributed by atoms with E-state index in [0.29, 0.717) is 0 Å². The van der Waals surface area contributed by atoms with E-state index >= 15 is 0 Å². The Morgan fingerprint density at radius 3 is 2.68 bits per heavy atom. The van der Waals surface area contributed by atoms with Crippen molar-refractivity contribution in [2.75, 3.05) is 31.2 Å². The summed E-state index contributed by atoms with van der Waals surface area (Å²) in [6.45, 7) is 5.70. The second kappa shape index (κ2) is 8.10. The van der Waals surface area contributed by atoms with Crippen molar-refractivity contribution < 1.29 is 4.74 Å². The van der Waals surface area contributed by atoms with E-state index in [1.165, 1.54) is 11.3 Å². The van der Waals surface area contributed by atoms with Crippen molar-refractivity contribution in [3.05, 3.63) is 28.2 Å². The second-order valence-electron chi connectivity index (χ2n) is 4.74. The van der Waals surface area contributed by atoms with Gasteiger partial charge < -0.3 is 15.4 Å². The number of ether oxygens (including phenoxy) is 1. The lowest BCUT2D eigenvalue weighted by Crippen LogP contribution is -2.37. The summed E-state index contributed by atoms with van der Waals surface area (Å²) >= 11 is 3.55. The molecule has 1 aromatic carbocycles. The molecule has 2 rings (SSSR count). The maximum atomic E-state index is 6.09. The van der Waals surface area contributed by atoms with Crippen LogP contribution in [0.15, 0.2) is 22.7 Å². The SMILES string of the molecule is CCC(N)Cc1cc(Br)ccc1N1CCOCC1.Cl. The molecule has 1 heterocycles. The number of morpholine rings is 1. The van der Waals surface area contributed by atoms with Crippen LogP contribution in [0.5, 0.6) is 0 Å². The minimum absolute atomic E-state index is 0. The van der Waals surface area contributed by atoms with Crippen molar-refractivity contribution >= 4 is 34.0 Å². The molecule has 0 aromatic heterocycles. The normalized spacial score (nSPS) is 16.9. The van der Waals surface area contributed by atoms with Gasteiger partial charge in [-0.25, -0.2) is 0 Å². The van der Waals surface area contributed by atoms with Gasteiger partial charge >= 0.3 is 0 Å². The fraction of sp³-hybridized carbons (Fsp3) is 0.571. The van der Waals surface area contributed by atoms with Crippen LogP contribution >= 0.6 is 28.3 Å². The zero-order valence-corrected chi connectivity index (χ0v) is 13.7. The molecule has 1 aliphatic heterocycles. The molecule has 0 bridgehead atoms. The molecule has 3 nitrogen and oxygen atoms in total. The van der Waals surface area contributed by atoms with E-state index in [9.17, 15) is 0 Å². The van der Waals surface area contributed by atoms with Crippen LogP contribution in [0.4, 0.5) is 5.69 Å². The number of hydrogen-bond acceptors (Lipinski definition) is 3. The molecule has 2 N–H and O–H groups in total. The van der Waals surface area contributed by atoms with E-state index in [0.717, 1.165) is 43.6 Å². The van der Waals surface area contributed by atoms with E-state index < -0.39 is 0 Å². The Morgan fingerprint density at radius 1 is 1.37 bits per heavy atom. The molecule has 1 fully saturated rings. The molecule has 0 radical (unpaired) electrons. The summed E-state index contributed by atoms with van der Waals surface area (Å²) in [7, 11) is 0.